The average Bonchev–Trinajstić information content (AvgIpc) is 1.87. The molecule has 4 nitrogen and oxygen atoms in total. The molecular weight excluding hydrogens is 146 g/mol. The van der Waals surface area contributed by atoms with Crippen LogP contribution in [0.2, 0.25) is 0 Å². The van der Waals surface area contributed by atoms with Crippen LogP contribution >= 0.6 is 0 Å². The van der Waals surface area contributed by atoms with Gasteiger partial charge in [0, 0.05) is 18.0 Å². The largest absolute Gasteiger partial charge is 0.396 e. The Balaban J connectivity index is 3.61. The highest BCUT2D eigenvalue weighted by Crippen LogP contribution is 2.13. The number of aliphatic hydroxyl groups is 1. The summed E-state index contributed by atoms with van der Waals surface area (Å²) >= 11 is 0. The molecule has 1 atom stereocenters. The van der Waals surface area contributed by atoms with Gasteiger partial charge >= 0.3 is 0 Å². The maximum absolute atomic E-state index is 9.97. The van der Waals surface area contributed by atoms with Gasteiger partial charge in [0.05, 0.1) is 0 Å². The Morgan fingerprint density at radius 2 is 2.09 bits per heavy atom. The molecule has 0 amide bonds. The van der Waals surface area contributed by atoms with E-state index >= 15 is 0 Å². The number of aliphatic hydroxyl groups excluding tert-OH is 1. The molecule has 66 valence electrons. The zero-order chi connectivity index (χ0) is 8.85. The van der Waals surface area contributed by atoms with E-state index in [0.717, 1.165) is 0 Å². The van der Waals surface area contributed by atoms with Gasteiger partial charge in [-0.15, -0.1) is 0 Å². The molecule has 0 fully saturated rings. The average molecular weight is 161 g/mol. The Bertz CT molecular complexity index is 125. The van der Waals surface area contributed by atoms with Crippen molar-refractivity contribution in [2.45, 2.75) is 20.3 Å². The summed E-state index contributed by atoms with van der Waals surface area (Å²) in [7, 11) is 0. The molecule has 0 bridgehead atoms. The number of nitro groups is 1. The number of nitrogens with zero attached hydrogens (tertiary/aromatic N) is 1. The third-order valence-electron chi connectivity index (χ3n) is 1.86. The lowest BCUT2D eigenvalue weighted by Crippen LogP contribution is -2.17. The van der Waals surface area contributed by atoms with Crippen molar-refractivity contribution in [2.24, 2.45) is 11.8 Å². The van der Waals surface area contributed by atoms with E-state index in [1.54, 1.807) is 0 Å². The fourth-order valence-electron chi connectivity index (χ4n) is 0.907. The second-order valence-corrected chi connectivity index (χ2v) is 3.03. The van der Waals surface area contributed by atoms with E-state index in [1.807, 2.05) is 13.8 Å². The molecular formula is C7H15NO3. The van der Waals surface area contributed by atoms with Crippen molar-refractivity contribution in [1.82, 2.24) is 0 Å². The molecule has 0 radical (unpaired) electrons. The van der Waals surface area contributed by atoms with Gasteiger partial charge in [0.15, 0.2) is 0 Å². The van der Waals surface area contributed by atoms with Crippen LogP contribution in [0.15, 0.2) is 0 Å². The third kappa shape index (κ3) is 4.72. The van der Waals surface area contributed by atoms with Gasteiger partial charge in [-0.25, -0.2) is 0 Å². The minimum Gasteiger partial charge on any atom is -0.396 e. The van der Waals surface area contributed by atoms with Crippen LogP contribution in [-0.2, 0) is 0 Å². The fourth-order valence-corrected chi connectivity index (χ4v) is 0.907. The SMILES string of the molecule is CC(C)[C@@H](CO)CC[N+](=O)[O-]. The summed E-state index contributed by atoms with van der Waals surface area (Å²) in [6.07, 6.45) is 0.473. The summed E-state index contributed by atoms with van der Waals surface area (Å²) in [4.78, 5) is 9.62. The second kappa shape index (κ2) is 5.07. The molecule has 4 heteroatoms. The van der Waals surface area contributed by atoms with Crippen LogP contribution in [0.25, 0.3) is 0 Å². The van der Waals surface area contributed by atoms with Crippen molar-refractivity contribution in [3.63, 3.8) is 0 Å². The summed E-state index contributed by atoms with van der Waals surface area (Å²) in [6, 6.07) is 0. The minimum atomic E-state index is -0.342. The molecule has 0 saturated heterocycles. The first-order chi connectivity index (χ1) is 5.07. The molecule has 0 aromatic heterocycles. The van der Waals surface area contributed by atoms with E-state index in [2.05, 4.69) is 0 Å². The van der Waals surface area contributed by atoms with Gasteiger partial charge < -0.3 is 5.11 Å². The molecule has 11 heavy (non-hydrogen) atoms. The monoisotopic (exact) mass is 161 g/mol. The lowest BCUT2D eigenvalue weighted by atomic mass is 9.94. The summed E-state index contributed by atoms with van der Waals surface area (Å²) < 4.78 is 0. The molecule has 0 rings (SSSR count). The highest BCUT2D eigenvalue weighted by molar-refractivity contribution is 4.60. The van der Waals surface area contributed by atoms with Crippen LogP contribution in [0.3, 0.4) is 0 Å². The molecule has 0 saturated carbocycles. The Morgan fingerprint density at radius 1 is 1.55 bits per heavy atom. The summed E-state index contributed by atoms with van der Waals surface area (Å²) in [5.74, 6) is 0.389. The summed E-state index contributed by atoms with van der Waals surface area (Å²) in [5, 5.41) is 18.8. The van der Waals surface area contributed by atoms with Gasteiger partial charge in [0.1, 0.15) is 0 Å². The molecule has 0 unspecified atom stereocenters. The van der Waals surface area contributed by atoms with Crippen LogP contribution in [0.1, 0.15) is 20.3 Å². The Hall–Kier alpha value is -0.640. The maximum atomic E-state index is 9.97. The van der Waals surface area contributed by atoms with Crippen molar-refractivity contribution >= 4 is 0 Å². The molecule has 1 N–H and O–H groups in total. The molecule has 0 aromatic carbocycles. The zero-order valence-corrected chi connectivity index (χ0v) is 6.99. The van der Waals surface area contributed by atoms with Crippen molar-refractivity contribution in [3.05, 3.63) is 10.1 Å². The molecule has 0 aromatic rings. The second-order valence-electron chi connectivity index (χ2n) is 3.03. The van der Waals surface area contributed by atoms with Gasteiger partial charge in [-0.05, 0) is 11.8 Å². The first-order valence-electron chi connectivity index (χ1n) is 3.80. The smallest absolute Gasteiger partial charge is 0.204 e. The van der Waals surface area contributed by atoms with Crippen LogP contribution in [0.4, 0.5) is 0 Å². The van der Waals surface area contributed by atoms with Crippen molar-refractivity contribution in [1.29, 1.82) is 0 Å². The number of rotatable bonds is 5. The van der Waals surface area contributed by atoms with Crippen LogP contribution < -0.4 is 0 Å². The van der Waals surface area contributed by atoms with E-state index in [9.17, 15) is 10.1 Å². The predicted molar refractivity (Wildman–Crippen MR) is 41.9 cm³/mol. The van der Waals surface area contributed by atoms with Crippen molar-refractivity contribution in [2.75, 3.05) is 13.2 Å². The lowest BCUT2D eigenvalue weighted by molar-refractivity contribution is -0.482. The zero-order valence-electron chi connectivity index (χ0n) is 6.99. The van der Waals surface area contributed by atoms with E-state index < -0.39 is 0 Å². The van der Waals surface area contributed by atoms with E-state index in [-0.39, 0.29) is 24.0 Å². The Labute approximate surface area is 66.4 Å². The third-order valence-corrected chi connectivity index (χ3v) is 1.86. The Kier molecular flexibility index (Phi) is 4.77. The van der Waals surface area contributed by atoms with E-state index in [0.29, 0.717) is 12.3 Å². The highest BCUT2D eigenvalue weighted by atomic mass is 16.6. The summed E-state index contributed by atoms with van der Waals surface area (Å²) in [5.41, 5.74) is 0. The predicted octanol–water partition coefficient (Wildman–Crippen LogP) is 0.918. The van der Waals surface area contributed by atoms with Gasteiger partial charge in [-0.3, -0.25) is 10.1 Å². The molecule has 0 aliphatic rings. The first-order valence-corrected chi connectivity index (χ1v) is 3.80. The highest BCUT2D eigenvalue weighted by Gasteiger charge is 2.14. The van der Waals surface area contributed by atoms with Crippen molar-refractivity contribution < 1.29 is 10.0 Å². The minimum absolute atomic E-state index is 0.0383. The van der Waals surface area contributed by atoms with Crippen LogP contribution in [-0.4, -0.2) is 23.2 Å². The number of hydrogen-bond acceptors (Lipinski definition) is 3. The van der Waals surface area contributed by atoms with E-state index in [4.69, 9.17) is 5.11 Å². The maximum Gasteiger partial charge on any atom is 0.204 e. The topological polar surface area (TPSA) is 63.4 Å². The van der Waals surface area contributed by atoms with Gasteiger partial charge in [0.2, 0.25) is 6.54 Å². The molecule has 0 aliphatic heterocycles. The van der Waals surface area contributed by atoms with Gasteiger partial charge in [-0.1, -0.05) is 13.8 Å². The Morgan fingerprint density at radius 3 is 2.36 bits per heavy atom. The normalized spacial score (nSPS) is 13.5. The van der Waals surface area contributed by atoms with Gasteiger partial charge in [-0.2, -0.15) is 0 Å². The summed E-state index contributed by atoms with van der Waals surface area (Å²) in [6.45, 7) is 3.93. The fraction of sp³-hybridized carbons (Fsp3) is 1.00. The van der Waals surface area contributed by atoms with Gasteiger partial charge in [0.25, 0.3) is 0 Å². The first kappa shape index (κ1) is 10.4. The molecule has 0 aliphatic carbocycles. The molecule has 0 heterocycles. The van der Waals surface area contributed by atoms with Crippen LogP contribution in [0.5, 0.6) is 0 Å². The van der Waals surface area contributed by atoms with Crippen LogP contribution in [0, 0.1) is 22.0 Å². The van der Waals surface area contributed by atoms with E-state index in [1.165, 1.54) is 0 Å². The quantitative estimate of drug-likeness (QED) is 0.481. The standard InChI is InChI=1S/C7H15NO3/c1-6(2)7(5-9)3-4-8(10)11/h6-7,9H,3-5H2,1-2H3/t7-/m1/s1. The lowest BCUT2D eigenvalue weighted by Gasteiger charge is -2.15. The number of hydrogen-bond donors (Lipinski definition) is 1. The van der Waals surface area contributed by atoms with Crippen molar-refractivity contribution in [3.8, 4) is 0 Å². The molecule has 0 spiro atoms.